The molecule has 0 bridgehead atoms. The molecule has 0 radical (unpaired) electrons. The van der Waals surface area contributed by atoms with E-state index in [0.29, 0.717) is 11.3 Å². The predicted octanol–water partition coefficient (Wildman–Crippen LogP) is 2.87. The molecule has 0 spiro atoms. The molecule has 0 saturated carbocycles. The first-order valence-electron chi connectivity index (χ1n) is 4.19. The zero-order valence-corrected chi connectivity index (χ0v) is 8.89. The van der Waals surface area contributed by atoms with Gasteiger partial charge in [0.25, 0.3) is 0 Å². The smallest absolute Gasteiger partial charge is 0.159 e. The van der Waals surface area contributed by atoms with E-state index in [1.54, 1.807) is 6.08 Å². The van der Waals surface area contributed by atoms with Crippen LogP contribution in [0.25, 0.3) is 0 Å². The summed E-state index contributed by atoms with van der Waals surface area (Å²) in [6.07, 6.45) is 3.07. The zero-order chi connectivity index (χ0) is 10.9. The molecule has 0 fully saturated rings. The third kappa shape index (κ3) is 7.06. The Kier molecular flexibility index (Phi) is 9.61. The maximum Gasteiger partial charge on any atom is 0.159 e. The van der Waals surface area contributed by atoms with Gasteiger partial charge < -0.3 is 4.74 Å². The molecule has 0 aliphatic heterocycles. The fourth-order valence-electron chi connectivity index (χ4n) is 0.475. The van der Waals surface area contributed by atoms with Gasteiger partial charge in [-0.05, 0) is 19.1 Å². The van der Waals surface area contributed by atoms with Crippen LogP contribution in [-0.4, -0.2) is 12.9 Å². The molecule has 0 aromatic carbocycles. The Labute approximate surface area is 80.6 Å². The molecule has 0 saturated heterocycles. The van der Waals surface area contributed by atoms with E-state index in [9.17, 15) is 4.79 Å². The highest BCUT2D eigenvalue weighted by molar-refractivity contribution is 5.95. The number of hydrogen-bond donors (Lipinski definition) is 0. The van der Waals surface area contributed by atoms with Crippen molar-refractivity contribution in [1.82, 2.24) is 0 Å². The van der Waals surface area contributed by atoms with E-state index in [1.165, 1.54) is 20.1 Å². The first kappa shape index (κ1) is 14.2. The van der Waals surface area contributed by atoms with Crippen molar-refractivity contribution < 1.29 is 9.53 Å². The van der Waals surface area contributed by atoms with E-state index in [0.717, 1.165) is 0 Å². The molecule has 0 aliphatic carbocycles. The predicted molar refractivity (Wildman–Crippen MR) is 56.5 cm³/mol. The van der Waals surface area contributed by atoms with Crippen molar-refractivity contribution in [2.24, 2.45) is 0 Å². The topological polar surface area (TPSA) is 26.3 Å². The molecule has 0 N–H and O–H groups in total. The standard InChI is InChI=1S/C9H12O2.C2H6/c1-5-9(11-4)6-7(2)8(3)10;1-2/h5-6H,1-2H2,3-4H3;1-2H3/b9-6+;. The number of Topliss-reactive ketones (excluding diaryl/α,β-unsaturated/α-hetero) is 1. The summed E-state index contributed by atoms with van der Waals surface area (Å²) in [5.41, 5.74) is 0.418. The summed E-state index contributed by atoms with van der Waals surface area (Å²) < 4.78 is 4.85. The quantitative estimate of drug-likeness (QED) is 0.379. The second-order valence-corrected chi connectivity index (χ2v) is 2.04. The van der Waals surface area contributed by atoms with Crippen LogP contribution in [0.5, 0.6) is 0 Å². The Morgan fingerprint density at radius 2 is 1.85 bits per heavy atom. The second-order valence-electron chi connectivity index (χ2n) is 2.04. The lowest BCUT2D eigenvalue weighted by atomic mass is 10.2. The van der Waals surface area contributed by atoms with E-state index in [1.807, 2.05) is 13.8 Å². The normalized spacial score (nSPS) is 9.38. The van der Waals surface area contributed by atoms with Crippen molar-refractivity contribution in [3.05, 3.63) is 36.6 Å². The van der Waals surface area contributed by atoms with Gasteiger partial charge in [-0.2, -0.15) is 0 Å². The van der Waals surface area contributed by atoms with E-state index < -0.39 is 0 Å². The first-order valence-corrected chi connectivity index (χ1v) is 4.19. The summed E-state index contributed by atoms with van der Waals surface area (Å²) in [7, 11) is 1.51. The largest absolute Gasteiger partial charge is 0.497 e. The molecule has 74 valence electrons. The van der Waals surface area contributed by atoms with Crippen molar-refractivity contribution in [3.63, 3.8) is 0 Å². The van der Waals surface area contributed by atoms with E-state index in [4.69, 9.17) is 4.74 Å². The molecule has 2 heteroatoms. The molecule has 0 aliphatic rings. The average Bonchev–Trinajstić information content (AvgIpc) is 2.16. The van der Waals surface area contributed by atoms with Gasteiger partial charge in [-0.1, -0.05) is 27.0 Å². The van der Waals surface area contributed by atoms with Gasteiger partial charge in [0.2, 0.25) is 0 Å². The Balaban J connectivity index is 0. The van der Waals surface area contributed by atoms with Crippen LogP contribution in [0.3, 0.4) is 0 Å². The Morgan fingerprint density at radius 3 is 2.08 bits per heavy atom. The highest BCUT2D eigenvalue weighted by Gasteiger charge is 1.97. The average molecular weight is 182 g/mol. The summed E-state index contributed by atoms with van der Waals surface area (Å²) >= 11 is 0. The Bertz CT molecular complexity index is 212. The van der Waals surface area contributed by atoms with E-state index in [2.05, 4.69) is 13.2 Å². The van der Waals surface area contributed by atoms with Crippen LogP contribution in [0.4, 0.5) is 0 Å². The lowest BCUT2D eigenvalue weighted by molar-refractivity contribution is -0.113. The Hall–Kier alpha value is -1.31. The molecule has 0 rings (SSSR count). The SMILES string of the molecule is C=C/C(=C\C(=C)C(C)=O)OC.CC. The minimum atomic E-state index is -0.0681. The number of allylic oxidation sites excluding steroid dienone is 3. The van der Waals surface area contributed by atoms with Crippen LogP contribution >= 0.6 is 0 Å². The number of carbonyl (C=O) groups excluding carboxylic acids is 1. The van der Waals surface area contributed by atoms with Crippen molar-refractivity contribution >= 4 is 5.78 Å². The fraction of sp³-hybridized carbons (Fsp3) is 0.364. The molecule has 0 aromatic rings. The summed E-state index contributed by atoms with van der Waals surface area (Å²) in [5, 5.41) is 0. The van der Waals surface area contributed by atoms with Gasteiger partial charge in [0, 0.05) is 5.57 Å². The molecule has 0 amide bonds. The fourth-order valence-corrected chi connectivity index (χ4v) is 0.475. The summed E-state index contributed by atoms with van der Waals surface area (Å²) in [5.74, 6) is 0.478. The number of hydrogen-bond acceptors (Lipinski definition) is 2. The summed E-state index contributed by atoms with van der Waals surface area (Å²) in [6.45, 7) is 12.5. The van der Waals surface area contributed by atoms with Crippen LogP contribution in [0.2, 0.25) is 0 Å². The maximum atomic E-state index is 10.7. The molecular weight excluding hydrogens is 164 g/mol. The van der Waals surface area contributed by atoms with Crippen molar-refractivity contribution in [3.8, 4) is 0 Å². The highest BCUT2D eigenvalue weighted by Crippen LogP contribution is 2.02. The van der Waals surface area contributed by atoms with Crippen LogP contribution < -0.4 is 0 Å². The second kappa shape index (κ2) is 8.78. The third-order valence-electron chi connectivity index (χ3n) is 1.21. The molecule has 0 unspecified atom stereocenters. The number of methoxy groups -OCH3 is 1. The van der Waals surface area contributed by atoms with Gasteiger partial charge in [0.15, 0.2) is 5.78 Å². The number of rotatable bonds is 4. The van der Waals surface area contributed by atoms with Gasteiger partial charge in [0.1, 0.15) is 5.76 Å². The van der Waals surface area contributed by atoms with Gasteiger partial charge >= 0.3 is 0 Å². The zero-order valence-electron chi connectivity index (χ0n) is 8.89. The minimum absolute atomic E-state index is 0.0681. The van der Waals surface area contributed by atoms with Gasteiger partial charge in [0.05, 0.1) is 7.11 Å². The van der Waals surface area contributed by atoms with Crippen molar-refractivity contribution in [1.29, 1.82) is 0 Å². The summed E-state index contributed by atoms with van der Waals surface area (Å²) in [6, 6.07) is 0. The van der Waals surface area contributed by atoms with Crippen LogP contribution in [0, 0.1) is 0 Å². The molecule has 0 heterocycles. The van der Waals surface area contributed by atoms with E-state index in [-0.39, 0.29) is 5.78 Å². The number of ether oxygens (including phenoxy) is 1. The van der Waals surface area contributed by atoms with Gasteiger partial charge in [-0.15, -0.1) is 0 Å². The van der Waals surface area contributed by atoms with Crippen LogP contribution in [0.1, 0.15) is 20.8 Å². The van der Waals surface area contributed by atoms with Crippen molar-refractivity contribution in [2.75, 3.05) is 7.11 Å². The molecule has 13 heavy (non-hydrogen) atoms. The molecule has 2 nitrogen and oxygen atoms in total. The number of carbonyl (C=O) groups is 1. The van der Waals surface area contributed by atoms with Crippen LogP contribution in [-0.2, 0) is 9.53 Å². The van der Waals surface area contributed by atoms with Gasteiger partial charge in [-0.3, -0.25) is 4.79 Å². The lowest BCUT2D eigenvalue weighted by Gasteiger charge is -1.98. The molecule has 0 atom stereocenters. The third-order valence-corrected chi connectivity index (χ3v) is 1.21. The minimum Gasteiger partial charge on any atom is -0.497 e. The summed E-state index contributed by atoms with van der Waals surface area (Å²) in [4.78, 5) is 10.7. The van der Waals surface area contributed by atoms with Crippen molar-refractivity contribution in [2.45, 2.75) is 20.8 Å². The first-order chi connectivity index (χ1) is 6.11. The molecule has 0 aromatic heterocycles. The lowest BCUT2D eigenvalue weighted by Crippen LogP contribution is -1.92. The highest BCUT2D eigenvalue weighted by atomic mass is 16.5. The maximum absolute atomic E-state index is 10.7. The molecular formula is C11H18O2. The van der Waals surface area contributed by atoms with Crippen LogP contribution in [0.15, 0.2) is 36.6 Å². The Morgan fingerprint density at radius 1 is 1.38 bits per heavy atom. The monoisotopic (exact) mass is 182 g/mol. The van der Waals surface area contributed by atoms with Gasteiger partial charge in [-0.25, -0.2) is 0 Å². The number of ketones is 1. The van der Waals surface area contributed by atoms with E-state index >= 15 is 0 Å².